The fourth-order valence-corrected chi connectivity index (χ4v) is 2.18. The molecule has 1 aromatic carbocycles. The second-order valence-electron chi connectivity index (χ2n) is 4.61. The van der Waals surface area contributed by atoms with E-state index in [1.807, 2.05) is 0 Å². The Labute approximate surface area is 121 Å². The number of carbonyl (C=O) groups excluding carboxylic acids is 2. The predicted molar refractivity (Wildman–Crippen MR) is 73.1 cm³/mol. The minimum Gasteiger partial charge on any atom is -0.480 e. The summed E-state index contributed by atoms with van der Waals surface area (Å²) in [7, 11) is 1.40. The van der Waals surface area contributed by atoms with Crippen LogP contribution in [0.4, 0.5) is 0 Å². The SMILES string of the molecule is COC[C@@H](NCCN1C(=O)c2ccccc2C1=O)C(=O)O. The molecule has 2 amide bonds. The van der Waals surface area contributed by atoms with Crippen LogP contribution in [-0.4, -0.2) is 60.6 Å². The lowest BCUT2D eigenvalue weighted by Crippen LogP contribution is -2.45. The van der Waals surface area contributed by atoms with Gasteiger partial charge in [0, 0.05) is 20.2 Å². The third-order valence-electron chi connectivity index (χ3n) is 3.24. The second kappa shape index (κ2) is 6.47. The van der Waals surface area contributed by atoms with Crippen LogP contribution < -0.4 is 5.32 Å². The Bertz CT molecular complexity index is 537. The molecule has 1 aliphatic heterocycles. The number of aliphatic carboxylic acids is 1. The Kier molecular flexibility index (Phi) is 4.66. The molecule has 2 N–H and O–H groups in total. The number of fused-ring (bicyclic) bond motifs is 1. The largest absolute Gasteiger partial charge is 0.480 e. The summed E-state index contributed by atoms with van der Waals surface area (Å²) >= 11 is 0. The van der Waals surface area contributed by atoms with Gasteiger partial charge in [-0.2, -0.15) is 0 Å². The van der Waals surface area contributed by atoms with Crippen LogP contribution in [0.2, 0.25) is 0 Å². The molecule has 1 heterocycles. The number of rotatable bonds is 7. The van der Waals surface area contributed by atoms with E-state index in [-0.39, 0.29) is 31.5 Å². The monoisotopic (exact) mass is 292 g/mol. The van der Waals surface area contributed by atoms with E-state index in [2.05, 4.69) is 5.32 Å². The first-order valence-electron chi connectivity index (χ1n) is 6.46. The molecule has 21 heavy (non-hydrogen) atoms. The van der Waals surface area contributed by atoms with Crippen molar-refractivity contribution in [3.63, 3.8) is 0 Å². The number of carbonyl (C=O) groups is 3. The molecule has 1 aliphatic rings. The van der Waals surface area contributed by atoms with E-state index in [1.54, 1.807) is 24.3 Å². The number of hydrogen-bond acceptors (Lipinski definition) is 5. The minimum atomic E-state index is -1.04. The van der Waals surface area contributed by atoms with E-state index in [4.69, 9.17) is 9.84 Å². The van der Waals surface area contributed by atoms with Gasteiger partial charge in [-0.05, 0) is 12.1 Å². The highest BCUT2D eigenvalue weighted by atomic mass is 16.5. The highest BCUT2D eigenvalue weighted by Crippen LogP contribution is 2.21. The van der Waals surface area contributed by atoms with E-state index >= 15 is 0 Å². The van der Waals surface area contributed by atoms with E-state index in [0.29, 0.717) is 11.1 Å². The van der Waals surface area contributed by atoms with Gasteiger partial charge in [0.05, 0.1) is 17.7 Å². The Morgan fingerprint density at radius 3 is 2.33 bits per heavy atom. The first kappa shape index (κ1) is 15.1. The number of imide groups is 1. The highest BCUT2D eigenvalue weighted by molar-refractivity contribution is 6.21. The van der Waals surface area contributed by atoms with Gasteiger partial charge in [-0.3, -0.25) is 19.3 Å². The van der Waals surface area contributed by atoms with Crippen molar-refractivity contribution in [3.8, 4) is 0 Å². The molecule has 0 saturated heterocycles. The molecule has 0 spiro atoms. The van der Waals surface area contributed by atoms with Gasteiger partial charge in [-0.15, -0.1) is 0 Å². The van der Waals surface area contributed by atoms with Gasteiger partial charge in [0.1, 0.15) is 6.04 Å². The van der Waals surface area contributed by atoms with E-state index in [0.717, 1.165) is 4.90 Å². The van der Waals surface area contributed by atoms with Crippen molar-refractivity contribution in [2.45, 2.75) is 6.04 Å². The number of amides is 2. The molecular formula is C14H16N2O5. The summed E-state index contributed by atoms with van der Waals surface area (Å²) in [6.07, 6.45) is 0. The van der Waals surface area contributed by atoms with Gasteiger partial charge in [0.15, 0.2) is 0 Å². The zero-order valence-corrected chi connectivity index (χ0v) is 11.5. The molecular weight excluding hydrogens is 276 g/mol. The number of hydrogen-bond donors (Lipinski definition) is 2. The van der Waals surface area contributed by atoms with Crippen LogP contribution in [0.5, 0.6) is 0 Å². The van der Waals surface area contributed by atoms with Crippen molar-refractivity contribution in [1.82, 2.24) is 10.2 Å². The summed E-state index contributed by atoms with van der Waals surface area (Å²) in [5.41, 5.74) is 0.767. The van der Waals surface area contributed by atoms with Crippen LogP contribution in [0.3, 0.4) is 0 Å². The Balaban J connectivity index is 1.95. The topological polar surface area (TPSA) is 95.9 Å². The lowest BCUT2D eigenvalue weighted by Gasteiger charge is -2.17. The Morgan fingerprint density at radius 1 is 1.29 bits per heavy atom. The fourth-order valence-electron chi connectivity index (χ4n) is 2.18. The van der Waals surface area contributed by atoms with Crippen molar-refractivity contribution in [3.05, 3.63) is 35.4 Å². The zero-order chi connectivity index (χ0) is 15.4. The van der Waals surface area contributed by atoms with Gasteiger partial charge in [-0.1, -0.05) is 12.1 Å². The number of nitrogens with one attached hydrogen (secondary N) is 1. The van der Waals surface area contributed by atoms with Crippen molar-refractivity contribution in [1.29, 1.82) is 0 Å². The molecule has 0 radical (unpaired) electrons. The van der Waals surface area contributed by atoms with Gasteiger partial charge in [0.2, 0.25) is 0 Å². The number of carboxylic acids is 1. The summed E-state index contributed by atoms with van der Waals surface area (Å²) < 4.78 is 4.79. The Hall–Kier alpha value is -2.25. The lowest BCUT2D eigenvalue weighted by atomic mass is 10.1. The van der Waals surface area contributed by atoms with Crippen molar-refractivity contribution < 1.29 is 24.2 Å². The number of carboxylic acid groups (broad SMARTS) is 1. The molecule has 7 nitrogen and oxygen atoms in total. The number of benzene rings is 1. The van der Waals surface area contributed by atoms with Crippen LogP contribution in [0.15, 0.2) is 24.3 Å². The van der Waals surface area contributed by atoms with Crippen LogP contribution >= 0.6 is 0 Å². The van der Waals surface area contributed by atoms with E-state index in [1.165, 1.54) is 7.11 Å². The summed E-state index contributed by atoms with van der Waals surface area (Å²) in [4.78, 5) is 36.2. The first-order valence-corrected chi connectivity index (χ1v) is 6.46. The van der Waals surface area contributed by atoms with Gasteiger partial charge < -0.3 is 15.2 Å². The number of methoxy groups -OCH3 is 1. The molecule has 2 rings (SSSR count). The van der Waals surface area contributed by atoms with Gasteiger partial charge in [-0.25, -0.2) is 0 Å². The number of nitrogens with zero attached hydrogens (tertiary/aromatic N) is 1. The van der Waals surface area contributed by atoms with Crippen LogP contribution in [-0.2, 0) is 9.53 Å². The lowest BCUT2D eigenvalue weighted by molar-refractivity contribution is -0.140. The van der Waals surface area contributed by atoms with E-state index in [9.17, 15) is 14.4 Å². The maximum absolute atomic E-state index is 12.1. The van der Waals surface area contributed by atoms with Crippen LogP contribution in [0, 0.1) is 0 Å². The predicted octanol–water partition coefficient (Wildman–Crippen LogP) is -0.0282. The molecule has 1 aromatic rings. The molecule has 0 aromatic heterocycles. The molecule has 1 atom stereocenters. The first-order chi connectivity index (χ1) is 10.1. The van der Waals surface area contributed by atoms with Gasteiger partial charge >= 0.3 is 5.97 Å². The van der Waals surface area contributed by atoms with Crippen molar-refractivity contribution in [2.75, 3.05) is 26.8 Å². The standard InChI is InChI=1S/C14H16N2O5/c1-21-8-11(14(19)20)15-6-7-16-12(17)9-4-2-3-5-10(9)13(16)18/h2-5,11,15H,6-8H2,1H3,(H,19,20)/t11-/m1/s1. The average molecular weight is 292 g/mol. The molecule has 112 valence electrons. The molecule has 0 fully saturated rings. The normalized spacial score (nSPS) is 15.2. The quantitative estimate of drug-likeness (QED) is 0.685. The fraction of sp³-hybridized carbons (Fsp3) is 0.357. The van der Waals surface area contributed by atoms with Gasteiger partial charge in [0.25, 0.3) is 11.8 Å². The maximum Gasteiger partial charge on any atom is 0.323 e. The average Bonchev–Trinajstić information content (AvgIpc) is 2.71. The third-order valence-corrected chi connectivity index (χ3v) is 3.24. The summed E-state index contributed by atoms with van der Waals surface area (Å²) in [5, 5.41) is 11.7. The summed E-state index contributed by atoms with van der Waals surface area (Å²) in [6.45, 7) is 0.309. The summed E-state index contributed by atoms with van der Waals surface area (Å²) in [5.74, 6) is -1.74. The van der Waals surface area contributed by atoms with Crippen molar-refractivity contribution >= 4 is 17.8 Å². The molecule has 0 aliphatic carbocycles. The molecule has 0 bridgehead atoms. The second-order valence-corrected chi connectivity index (χ2v) is 4.61. The third kappa shape index (κ3) is 3.09. The minimum absolute atomic E-state index is 0.0114. The smallest absolute Gasteiger partial charge is 0.323 e. The Morgan fingerprint density at radius 2 is 1.86 bits per heavy atom. The van der Waals surface area contributed by atoms with E-state index < -0.39 is 12.0 Å². The molecule has 0 saturated carbocycles. The van der Waals surface area contributed by atoms with Crippen LogP contribution in [0.1, 0.15) is 20.7 Å². The van der Waals surface area contributed by atoms with Crippen LogP contribution in [0.25, 0.3) is 0 Å². The molecule has 7 heteroatoms. The molecule has 0 unspecified atom stereocenters. The maximum atomic E-state index is 12.1. The zero-order valence-electron chi connectivity index (χ0n) is 11.5. The van der Waals surface area contributed by atoms with Crippen molar-refractivity contribution in [2.24, 2.45) is 0 Å². The highest BCUT2D eigenvalue weighted by Gasteiger charge is 2.34. The summed E-state index contributed by atoms with van der Waals surface area (Å²) in [6, 6.07) is 5.74. The number of ether oxygens (including phenoxy) is 1.